The zero-order valence-electron chi connectivity index (χ0n) is 11.3. The lowest BCUT2D eigenvalue weighted by molar-refractivity contribution is 0.148. The SMILES string of the molecule is Cc1cccc(OCC2Cc3cc(C)ccc3O2)c1. The molecule has 1 unspecified atom stereocenters. The van der Waals surface area contributed by atoms with Gasteiger partial charge in [0.05, 0.1) is 0 Å². The van der Waals surface area contributed by atoms with Crippen molar-refractivity contribution in [3.8, 4) is 11.5 Å². The Hall–Kier alpha value is -1.96. The molecule has 98 valence electrons. The van der Waals surface area contributed by atoms with Crippen LogP contribution in [0, 0.1) is 13.8 Å². The van der Waals surface area contributed by atoms with Crippen LogP contribution in [0.4, 0.5) is 0 Å². The summed E-state index contributed by atoms with van der Waals surface area (Å²) in [5.41, 5.74) is 3.78. The first-order valence-electron chi connectivity index (χ1n) is 6.66. The van der Waals surface area contributed by atoms with E-state index in [1.165, 1.54) is 16.7 Å². The van der Waals surface area contributed by atoms with Gasteiger partial charge in [0, 0.05) is 6.42 Å². The molecule has 0 radical (unpaired) electrons. The van der Waals surface area contributed by atoms with Gasteiger partial charge in [0.2, 0.25) is 0 Å². The van der Waals surface area contributed by atoms with E-state index in [0.29, 0.717) is 6.61 Å². The van der Waals surface area contributed by atoms with Gasteiger partial charge in [0.25, 0.3) is 0 Å². The third kappa shape index (κ3) is 2.73. The molecule has 0 bridgehead atoms. The van der Waals surface area contributed by atoms with Crippen molar-refractivity contribution in [3.05, 3.63) is 59.2 Å². The Labute approximate surface area is 114 Å². The van der Waals surface area contributed by atoms with Gasteiger partial charge < -0.3 is 9.47 Å². The molecule has 0 spiro atoms. The lowest BCUT2D eigenvalue weighted by Gasteiger charge is -2.12. The van der Waals surface area contributed by atoms with Gasteiger partial charge >= 0.3 is 0 Å². The monoisotopic (exact) mass is 254 g/mol. The number of aryl methyl sites for hydroxylation is 2. The van der Waals surface area contributed by atoms with Crippen LogP contribution in [0.3, 0.4) is 0 Å². The van der Waals surface area contributed by atoms with Crippen molar-refractivity contribution in [1.29, 1.82) is 0 Å². The van der Waals surface area contributed by atoms with Gasteiger partial charge in [0.15, 0.2) is 0 Å². The Kier molecular flexibility index (Phi) is 3.16. The average Bonchev–Trinajstić information content (AvgIpc) is 2.78. The molecule has 0 aromatic heterocycles. The Morgan fingerprint density at radius 3 is 2.79 bits per heavy atom. The van der Waals surface area contributed by atoms with E-state index in [1.54, 1.807) is 0 Å². The lowest BCUT2D eigenvalue weighted by atomic mass is 10.1. The normalized spacial score (nSPS) is 16.8. The van der Waals surface area contributed by atoms with Gasteiger partial charge in [-0.25, -0.2) is 0 Å². The quantitative estimate of drug-likeness (QED) is 0.831. The Morgan fingerprint density at radius 1 is 1.11 bits per heavy atom. The van der Waals surface area contributed by atoms with Crippen molar-refractivity contribution in [2.24, 2.45) is 0 Å². The first-order valence-corrected chi connectivity index (χ1v) is 6.66. The number of rotatable bonds is 3. The number of fused-ring (bicyclic) bond motifs is 1. The van der Waals surface area contributed by atoms with Crippen molar-refractivity contribution in [3.63, 3.8) is 0 Å². The summed E-state index contributed by atoms with van der Waals surface area (Å²) in [6.07, 6.45) is 1.06. The predicted octanol–water partition coefficient (Wildman–Crippen LogP) is 3.69. The minimum atomic E-state index is 0.123. The van der Waals surface area contributed by atoms with Crippen molar-refractivity contribution < 1.29 is 9.47 Å². The molecule has 2 nitrogen and oxygen atoms in total. The molecule has 2 heteroatoms. The highest BCUT2D eigenvalue weighted by molar-refractivity contribution is 5.40. The van der Waals surface area contributed by atoms with E-state index in [-0.39, 0.29) is 6.10 Å². The van der Waals surface area contributed by atoms with Crippen LogP contribution in [0.2, 0.25) is 0 Å². The van der Waals surface area contributed by atoms with E-state index >= 15 is 0 Å². The van der Waals surface area contributed by atoms with Gasteiger partial charge in [0.1, 0.15) is 24.2 Å². The average molecular weight is 254 g/mol. The van der Waals surface area contributed by atoms with Crippen LogP contribution in [0.15, 0.2) is 42.5 Å². The van der Waals surface area contributed by atoms with E-state index in [4.69, 9.17) is 9.47 Å². The summed E-state index contributed by atoms with van der Waals surface area (Å²) in [4.78, 5) is 0. The van der Waals surface area contributed by atoms with Crippen molar-refractivity contribution >= 4 is 0 Å². The second kappa shape index (κ2) is 4.96. The molecule has 0 saturated heterocycles. The summed E-state index contributed by atoms with van der Waals surface area (Å²) in [5.74, 6) is 1.92. The molecule has 1 aliphatic rings. The summed E-state index contributed by atoms with van der Waals surface area (Å²) >= 11 is 0. The summed E-state index contributed by atoms with van der Waals surface area (Å²) in [7, 11) is 0. The molecular weight excluding hydrogens is 236 g/mol. The molecule has 0 N–H and O–H groups in total. The van der Waals surface area contributed by atoms with Crippen LogP contribution in [0.1, 0.15) is 16.7 Å². The Balaban J connectivity index is 1.62. The fourth-order valence-electron chi connectivity index (χ4n) is 2.44. The minimum Gasteiger partial charge on any atom is -0.490 e. The zero-order valence-corrected chi connectivity index (χ0v) is 11.3. The highest BCUT2D eigenvalue weighted by Gasteiger charge is 2.23. The first kappa shape index (κ1) is 12.1. The number of hydrogen-bond acceptors (Lipinski definition) is 2. The van der Waals surface area contributed by atoms with Crippen LogP contribution in [-0.2, 0) is 6.42 Å². The zero-order chi connectivity index (χ0) is 13.2. The molecule has 1 atom stereocenters. The van der Waals surface area contributed by atoms with Crippen LogP contribution >= 0.6 is 0 Å². The maximum Gasteiger partial charge on any atom is 0.137 e. The second-order valence-electron chi connectivity index (χ2n) is 5.18. The molecular formula is C17H18O2. The fourth-order valence-corrected chi connectivity index (χ4v) is 2.44. The number of hydrogen-bond donors (Lipinski definition) is 0. The van der Waals surface area contributed by atoms with Gasteiger partial charge in [-0.3, -0.25) is 0 Å². The highest BCUT2D eigenvalue weighted by atomic mass is 16.5. The van der Waals surface area contributed by atoms with Gasteiger partial charge in [-0.05, 0) is 43.2 Å². The lowest BCUT2D eigenvalue weighted by Crippen LogP contribution is -2.22. The smallest absolute Gasteiger partial charge is 0.137 e. The van der Waals surface area contributed by atoms with E-state index < -0.39 is 0 Å². The van der Waals surface area contributed by atoms with E-state index in [2.05, 4.69) is 38.1 Å². The van der Waals surface area contributed by atoms with Crippen molar-refractivity contribution in [2.75, 3.05) is 6.61 Å². The van der Waals surface area contributed by atoms with E-state index in [0.717, 1.165) is 17.9 Å². The molecule has 0 fully saturated rings. The Morgan fingerprint density at radius 2 is 1.95 bits per heavy atom. The maximum atomic E-state index is 5.89. The molecule has 3 rings (SSSR count). The molecule has 0 saturated carbocycles. The Bertz CT molecular complexity index is 590. The topological polar surface area (TPSA) is 18.5 Å². The van der Waals surface area contributed by atoms with E-state index in [1.807, 2.05) is 18.2 Å². The largest absolute Gasteiger partial charge is 0.490 e. The molecule has 1 heterocycles. The number of benzene rings is 2. The second-order valence-corrected chi connectivity index (χ2v) is 5.18. The molecule has 0 aliphatic carbocycles. The van der Waals surface area contributed by atoms with Crippen molar-refractivity contribution in [2.45, 2.75) is 26.4 Å². The van der Waals surface area contributed by atoms with Crippen LogP contribution in [0.25, 0.3) is 0 Å². The third-order valence-electron chi connectivity index (χ3n) is 3.38. The summed E-state index contributed by atoms with van der Waals surface area (Å²) in [6, 6.07) is 14.4. The van der Waals surface area contributed by atoms with Gasteiger partial charge in [-0.15, -0.1) is 0 Å². The molecule has 19 heavy (non-hydrogen) atoms. The summed E-state index contributed by atoms with van der Waals surface area (Å²) in [5, 5.41) is 0. The summed E-state index contributed by atoms with van der Waals surface area (Å²) < 4.78 is 11.7. The molecule has 0 amide bonds. The molecule has 2 aromatic rings. The van der Waals surface area contributed by atoms with Crippen LogP contribution in [0.5, 0.6) is 11.5 Å². The third-order valence-corrected chi connectivity index (χ3v) is 3.38. The first-order chi connectivity index (χ1) is 9.20. The van der Waals surface area contributed by atoms with Crippen molar-refractivity contribution in [1.82, 2.24) is 0 Å². The van der Waals surface area contributed by atoms with Crippen LogP contribution in [-0.4, -0.2) is 12.7 Å². The van der Waals surface area contributed by atoms with E-state index in [9.17, 15) is 0 Å². The maximum absolute atomic E-state index is 5.89. The predicted molar refractivity (Wildman–Crippen MR) is 76.0 cm³/mol. The van der Waals surface area contributed by atoms with Gasteiger partial charge in [-0.2, -0.15) is 0 Å². The highest BCUT2D eigenvalue weighted by Crippen LogP contribution is 2.29. The summed E-state index contributed by atoms with van der Waals surface area (Å²) in [6.45, 7) is 4.77. The molecule has 1 aliphatic heterocycles. The molecule has 2 aromatic carbocycles. The van der Waals surface area contributed by atoms with Gasteiger partial charge in [-0.1, -0.05) is 29.8 Å². The minimum absolute atomic E-state index is 0.123. The number of ether oxygens (including phenoxy) is 2. The van der Waals surface area contributed by atoms with Crippen LogP contribution < -0.4 is 9.47 Å². The standard InChI is InChI=1S/C17H18O2/c1-12-4-3-5-15(9-12)18-11-16-10-14-8-13(2)6-7-17(14)19-16/h3-9,16H,10-11H2,1-2H3. The fraction of sp³-hybridized carbons (Fsp3) is 0.294.